The van der Waals surface area contributed by atoms with E-state index in [9.17, 15) is 4.79 Å². The summed E-state index contributed by atoms with van der Waals surface area (Å²) in [7, 11) is 1.62. The zero-order valence-electron chi connectivity index (χ0n) is 13.5. The number of para-hydroxylation sites is 2. The van der Waals surface area contributed by atoms with Crippen LogP contribution in [0.3, 0.4) is 0 Å². The third kappa shape index (κ3) is 3.97. The van der Waals surface area contributed by atoms with Crippen molar-refractivity contribution in [1.82, 2.24) is 0 Å². The van der Waals surface area contributed by atoms with E-state index in [0.717, 1.165) is 18.8 Å². The molecule has 0 unspecified atom stereocenters. The minimum absolute atomic E-state index is 0.0416. The van der Waals surface area contributed by atoms with E-state index in [4.69, 9.17) is 4.74 Å². The van der Waals surface area contributed by atoms with Gasteiger partial charge in [0.05, 0.1) is 25.9 Å². The normalized spacial score (nSPS) is 27.0. The van der Waals surface area contributed by atoms with Crippen molar-refractivity contribution in [2.24, 2.45) is 11.8 Å². The van der Waals surface area contributed by atoms with Gasteiger partial charge in [-0.05, 0) is 25.5 Å². The highest BCUT2D eigenvalue weighted by atomic mass is 16.5. The first-order valence-electron chi connectivity index (χ1n) is 7.79. The molecule has 1 saturated heterocycles. The number of carbonyl (C=O) groups is 1. The number of rotatable bonds is 4. The van der Waals surface area contributed by atoms with Crippen molar-refractivity contribution in [1.29, 1.82) is 0 Å². The zero-order valence-corrected chi connectivity index (χ0v) is 13.5. The van der Waals surface area contributed by atoms with Gasteiger partial charge in [0.15, 0.2) is 6.04 Å². The number of hydrogen-bond acceptors (Lipinski definition) is 2. The van der Waals surface area contributed by atoms with Crippen LogP contribution < -0.4 is 15.0 Å². The molecule has 1 amide bonds. The van der Waals surface area contributed by atoms with Gasteiger partial charge in [-0.2, -0.15) is 0 Å². The summed E-state index contributed by atoms with van der Waals surface area (Å²) < 4.78 is 5.28. The maximum atomic E-state index is 12.5. The number of benzene rings is 1. The number of quaternary nitrogens is 1. The summed E-state index contributed by atoms with van der Waals surface area (Å²) >= 11 is 0. The summed E-state index contributed by atoms with van der Waals surface area (Å²) in [5, 5.41) is 3.00. The monoisotopic (exact) mass is 291 g/mol. The second kappa shape index (κ2) is 6.94. The quantitative estimate of drug-likeness (QED) is 0.884. The molecule has 1 fully saturated rings. The molecule has 116 valence electrons. The molecule has 2 rings (SSSR count). The highest BCUT2D eigenvalue weighted by Crippen LogP contribution is 2.23. The molecule has 0 radical (unpaired) electrons. The number of carbonyl (C=O) groups excluding carboxylic acids is 1. The highest BCUT2D eigenvalue weighted by molar-refractivity contribution is 5.94. The number of methoxy groups -OCH3 is 1. The van der Waals surface area contributed by atoms with Gasteiger partial charge >= 0.3 is 0 Å². The lowest BCUT2D eigenvalue weighted by molar-refractivity contribution is -0.925. The first-order valence-corrected chi connectivity index (χ1v) is 7.79. The van der Waals surface area contributed by atoms with E-state index in [-0.39, 0.29) is 11.9 Å². The second-order valence-electron chi connectivity index (χ2n) is 6.42. The minimum atomic E-state index is -0.0416. The van der Waals surface area contributed by atoms with Gasteiger partial charge in [-0.25, -0.2) is 0 Å². The van der Waals surface area contributed by atoms with Crippen LogP contribution in [0.4, 0.5) is 5.69 Å². The van der Waals surface area contributed by atoms with Gasteiger partial charge in [-0.3, -0.25) is 4.79 Å². The standard InChI is InChI=1S/C17H26N2O2/c1-12-9-13(2)11-19(10-12)14(3)17(20)18-15-7-5-6-8-16(15)21-4/h5-8,12-14H,9-11H2,1-4H3,(H,18,20)/p+1/t12-,13-,14+/m1/s1. The van der Waals surface area contributed by atoms with Crippen LogP contribution in [0.1, 0.15) is 27.2 Å². The fraction of sp³-hybridized carbons (Fsp3) is 0.588. The Labute approximate surface area is 127 Å². The minimum Gasteiger partial charge on any atom is -0.495 e. The predicted molar refractivity (Wildman–Crippen MR) is 84.7 cm³/mol. The highest BCUT2D eigenvalue weighted by Gasteiger charge is 2.32. The summed E-state index contributed by atoms with van der Waals surface area (Å²) in [6.45, 7) is 8.72. The first kappa shape index (κ1) is 15.8. The molecule has 1 aromatic rings. The summed E-state index contributed by atoms with van der Waals surface area (Å²) in [4.78, 5) is 13.9. The number of anilines is 1. The Morgan fingerprint density at radius 1 is 1.29 bits per heavy atom. The number of nitrogens with one attached hydrogen (secondary N) is 2. The van der Waals surface area contributed by atoms with Crippen LogP contribution in [-0.4, -0.2) is 32.1 Å². The molecule has 1 aromatic carbocycles. The molecule has 1 heterocycles. The Bertz CT molecular complexity index is 479. The van der Waals surface area contributed by atoms with Gasteiger partial charge < -0.3 is 15.0 Å². The largest absolute Gasteiger partial charge is 0.495 e. The van der Waals surface area contributed by atoms with Crippen molar-refractivity contribution in [2.75, 3.05) is 25.5 Å². The molecular formula is C17H27N2O2+. The van der Waals surface area contributed by atoms with Crippen molar-refractivity contribution in [3.8, 4) is 5.75 Å². The Balaban J connectivity index is 2.02. The molecule has 2 N–H and O–H groups in total. The molecule has 0 aliphatic carbocycles. The van der Waals surface area contributed by atoms with E-state index in [1.807, 2.05) is 31.2 Å². The molecule has 0 spiro atoms. The maximum absolute atomic E-state index is 12.5. The number of likely N-dealkylation sites (tertiary alicyclic amines) is 1. The van der Waals surface area contributed by atoms with Crippen molar-refractivity contribution in [3.05, 3.63) is 24.3 Å². The molecule has 3 atom stereocenters. The topological polar surface area (TPSA) is 42.8 Å². The second-order valence-corrected chi connectivity index (χ2v) is 6.42. The van der Waals surface area contributed by atoms with Gasteiger partial charge in [0.2, 0.25) is 0 Å². The Hall–Kier alpha value is -1.55. The van der Waals surface area contributed by atoms with Crippen LogP contribution in [0.15, 0.2) is 24.3 Å². The van der Waals surface area contributed by atoms with Crippen molar-refractivity contribution in [2.45, 2.75) is 33.2 Å². The van der Waals surface area contributed by atoms with E-state index in [1.165, 1.54) is 11.3 Å². The smallest absolute Gasteiger partial charge is 0.282 e. The lowest BCUT2D eigenvalue weighted by Gasteiger charge is -2.35. The lowest BCUT2D eigenvalue weighted by Crippen LogP contribution is -3.18. The molecular weight excluding hydrogens is 264 g/mol. The van der Waals surface area contributed by atoms with Crippen LogP contribution in [0.5, 0.6) is 5.75 Å². The van der Waals surface area contributed by atoms with Crippen molar-refractivity contribution >= 4 is 11.6 Å². The van der Waals surface area contributed by atoms with Crippen LogP contribution in [-0.2, 0) is 4.79 Å². The molecule has 0 saturated carbocycles. The summed E-state index contributed by atoms with van der Waals surface area (Å²) in [5.41, 5.74) is 0.745. The Morgan fingerprint density at radius 2 is 1.90 bits per heavy atom. The van der Waals surface area contributed by atoms with E-state index in [1.54, 1.807) is 7.11 Å². The van der Waals surface area contributed by atoms with Crippen molar-refractivity contribution < 1.29 is 14.4 Å². The average Bonchev–Trinajstić information content (AvgIpc) is 2.46. The average molecular weight is 291 g/mol. The fourth-order valence-electron chi connectivity index (χ4n) is 3.36. The van der Waals surface area contributed by atoms with E-state index < -0.39 is 0 Å². The Kier molecular flexibility index (Phi) is 5.23. The molecule has 4 nitrogen and oxygen atoms in total. The molecule has 4 heteroatoms. The number of ether oxygens (including phenoxy) is 1. The molecule has 21 heavy (non-hydrogen) atoms. The first-order chi connectivity index (χ1) is 10.0. The number of hydrogen-bond donors (Lipinski definition) is 2. The van der Waals surface area contributed by atoms with Gasteiger partial charge in [-0.15, -0.1) is 0 Å². The van der Waals surface area contributed by atoms with E-state index in [0.29, 0.717) is 17.6 Å². The number of piperidine rings is 1. The van der Waals surface area contributed by atoms with E-state index >= 15 is 0 Å². The van der Waals surface area contributed by atoms with Gasteiger partial charge in [0, 0.05) is 11.8 Å². The summed E-state index contributed by atoms with van der Waals surface area (Å²) in [6, 6.07) is 7.50. The zero-order chi connectivity index (χ0) is 15.4. The summed E-state index contributed by atoms with van der Waals surface area (Å²) in [5.74, 6) is 2.14. The molecule has 0 aromatic heterocycles. The lowest BCUT2D eigenvalue weighted by atomic mass is 9.91. The van der Waals surface area contributed by atoms with Crippen LogP contribution in [0, 0.1) is 11.8 Å². The molecule has 1 aliphatic heterocycles. The molecule has 1 aliphatic rings. The van der Waals surface area contributed by atoms with Crippen LogP contribution in [0.2, 0.25) is 0 Å². The van der Waals surface area contributed by atoms with Crippen LogP contribution in [0.25, 0.3) is 0 Å². The Morgan fingerprint density at radius 3 is 2.52 bits per heavy atom. The summed E-state index contributed by atoms with van der Waals surface area (Å²) in [6.07, 6.45) is 1.27. The maximum Gasteiger partial charge on any atom is 0.282 e. The van der Waals surface area contributed by atoms with E-state index in [2.05, 4.69) is 19.2 Å². The molecule has 0 bridgehead atoms. The predicted octanol–water partition coefficient (Wildman–Crippen LogP) is 1.58. The van der Waals surface area contributed by atoms with Gasteiger partial charge in [-0.1, -0.05) is 26.0 Å². The number of amides is 1. The SMILES string of the molecule is COc1ccccc1NC(=O)[C@H](C)[NH+]1C[C@H](C)C[C@@H](C)C1. The third-order valence-electron chi connectivity index (χ3n) is 4.40. The third-order valence-corrected chi connectivity index (χ3v) is 4.40. The van der Waals surface area contributed by atoms with Crippen molar-refractivity contribution in [3.63, 3.8) is 0 Å². The van der Waals surface area contributed by atoms with Crippen LogP contribution >= 0.6 is 0 Å². The van der Waals surface area contributed by atoms with Gasteiger partial charge in [0.1, 0.15) is 5.75 Å². The van der Waals surface area contributed by atoms with Gasteiger partial charge in [0.25, 0.3) is 5.91 Å². The fourth-order valence-corrected chi connectivity index (χ4v) is 3.36.